The number of benzene rings is 1. The number of ether oxygens (including phenoxy) is 2. The van der Waals surface area contributed by atoms with Crippen LogP contribution in [0.1, 0.15) is 5.56 Å². The number of hydrazone groups is 1. The molecular weight excluding hydrogens is 439 g/mol. The first-order valence-corrected chi connectivity index (χ1v) is 7.96. The summed E-state index contributed by atoms with van der Waals surface area (Å²) >= 11 is 2.12. The minimum absolute atomic E-state index is 0.0867. The van der Waals surface area contributed by atoms with Crippen LogP contribution in [0, 0.1) is 26.0 Å². The normalized spacial score (nSPS) is 10.3. The molecule has 0 saturated heterocycles. The highest BCUT2D eigenvalue weighted by atomic mass is 127. The van der Waals surface area contributed by atoms with Crippen molar-refractivity contribution < 1.29 is 14.4 Å². The number of nitrogens with zero attached hydrogens (tertiary/aromatic N) is 3. The predicted octanol–water partition coefficient (Wildman–Crippen LogP) is 3.06. The van der Waals surface area contributed by atoms with E-state index < -0.39 is 4.92 Å². The number of methoxy groups -OCH3 is 1. The van der Waals surface area contributed by atoms with Crippen molar-refractivity contribution in [2.24, 2.45) is 5.10 Å². The second kappa shape index (κ2) is 8.84. The monoisotopic (exact) mass is 452 g/mol. The number of aromatic nitrogens is 1. The molecule has 2 aromatic rings. The Bertz CT molecular complexity index is 831. The first-order valence-electron chi connectivity index (χ1n) is 6.88. The lowest BCUT2D eigenvalue weighted by atomic mass is 10.2. The van der Waals surface area contributed by atoms with Crippen LogP contribution in [0.3, 0.4) is 0 Å². The maximum absolute atomic E-state index is 10.6. The summed E-state index contributed by atoms with van der Waals surface area (Å²) in [5, 5.41) is 14.6. The Morgan fingerprint density at radius 2 is 2.32 bits per heavy atom. The summed E-state index contributed by atoms with van der Waals surface area (Å²) < 4.78 is 11.6. The van der Waals surface area contributed by atoms with Crippen LogP contribution in [0.25, 0.3) is 0 Å². The maximum Gasteiger partial charge on any atom is 0.287 e. The van der Waals surface area contributed by atoms with Gasteiger partial charge in [0.2, 0.25) is 0 Å². The average molecular weight is 452 g/mol. The number of terminal acetylenes is 1. The zero-order chi connectivity index (χ0) is 18.2. The van der Waals surface area contributed by atoms with Gasteiger partial charge in [-0.2, -0.15) is 5.10 Å². The van der Waals surface area contributed by atoms with E-state index in [0.717, 1.165) is 15.3 Å². The number of hydrogen-bond acceptors (Lipinski definition) is 7. The molecular formula is C16H13IN4O4. The number of pyridine rings is 1. The van der Waals surface area contributed by atoms with Crippen molar-refractivity contribution in [1.29, 1.82) is 0 Å². The Morgan fingerprint density at radius 1 is 1.52 bits per heavy atom. The zero-order valence-corrected chi connectivity index (χ0v) is 15.3. The summed E-state index contributed by atoms with van der Waals surface area (Å²) in [7, 11) is 1.54. The second-order valence-corrected chi connectivity index (χ2v) is 5.72. The molecule has 0 amide bonds. The number of anilines is 1. The Balaban J connectivity index is 2.11. The molecule has 1 aromatic heterocycles. The highest BCUT2D eigenvalue weighted by Gasteiger charge is 2.10. The molecule has 0 atom stereocenters. The van der Waals surface area contributed by atoms with Gasteiger partial charge >= 0.3 is 0 Å². The molecule has 25 heavy (non-hydrogen) atoms. The van der Waals surface area contributed by atoms with Gasteiger partial charge in [-0.3, -0.25) is 15.5 Å². The fraction of sp³-hybridized carbons (Fsp3) is 0.125. The molecule has 2 rings (SSSR count). The van der Waals surface area contributed by atoms with E-state index in [-0.39, 0.29) is 12.3 Å². The van der Waals surface area contributed by atoms with Gasteiger partial charge in [-0.25, -0.2) is 4.98 Å². The predicted molar refractivity (Wildman–Crippen MR) is 102 cm³/mol. The summed E-state index contributed by atoms with van der Waals surface area (Å²) in [6, 6.07) is 6.41. The fourth-order valence-electron chi connectivity index (χ4n) is 1.80. The topological polar surface area (TPSA) is 98.9 Å². The summed E-state index contributed by atoms with van der Waals surface area (Å²) in [6.45, 7) is 0.146. The van der Waals surface area contributed by atoms with Gasteiger partial charge in [-0.1, -0.05) is 5.92 Å². The van der Waals surface area contributed by atoms with Crippen LogP contribution < -0.4 is 14.9 Å². The number of halogens is 1. The Hall–Kier alpha value is -2.87. The van der Waals surface area contributed by atoms with E-state index in [0.29, 0.717) is 17.3 Å². The summed E-state index contributed by atoms with van der Waals surface area (Å²) in [4.78, 5) is 14.0. The quantitative estimate of drug-likeness (QED) is 0.228. The van der Waals surface area contributed by atoms with Crippen molar-refractivity contribution in [3.8, 4) is 23.8 Å². The molecule has 0 unspecified atom stereocenters. The molecule has 1 aromatic carbocycles. The van der Waals surface area contributed by atoms with Crippen LogP contribution in [0.5, 0.6) is 11.5 Å². The maximum atomic E-state index is 10.6. The second-order valence-electron chi connectivity index (χ2n) is 4.56. The van der Waals surface area contributed by atoms with Gasteiger partial charge in [0.15, 0.2) is 11.5 Å². The number of nitrogens with one attached hydrogen (secondary N) is 1. The molecule has 9 heteroatoms. The van der Waals surface area contributed by atoms with Crippen molar-refractivity contribution in [3.63, 3.8) is 0 Å². The van der Waals surface area contributed by atoms with Gasteiger partial charge in [0.25, 0.3) is 5.69 Å². The molecule has 1 heterocycles. The smallest absolute Gasteiger partial charge is 0.287 e. The minimum Gasteiger partial charge on any atom is -0.493 e. The Kier molecular flexibility index (Phi) is 6.53. The molecule has 0 spiro atoms. The van der Waals surface area contributed by atoms with Gasteiger partial charge < -0.3 is 9.47 Å². The fourth-order valence-corrected chi connectivity index (χ4v) is 2.58. The van der Waals surface area contributed by atoms with Crippen LogP contribution in [0.15, 0.2) is 35.6 Å². The van der Waals surface area contributed by atoms with E-state index in [1.807, 2.05) is 6.07 Å². The van der Waals surface area contributed by atoms with Gasteiger partial charge in [-0.15, -0.1) is 6.42 Å². The number of nitro groups is 1. The van der Waals surface area contributed by atoms with Crippen molar-refractivity contribution in [3.05, 3.63) is 49.7 Å². The van der Waals surface area contributed by atoms with Crippen molar-refractivity contribution in [2.45, 2.75) is 0 Å². The molecule has 1 N–H and O–H groups in total. The average Bonchev–Trinajstić information content (AvgIpc) is 2.61. The molecule has 0 aliphatic carbocycles. The van der Waals surface area contributed by atoms with Crippen molar-refractivity contribution in [1.82, 2.24) is 4.98 Å². The van der Waals surface area contributed by atoms with E-state index in [1.54, 1.807) is 12.3 Å². The van der Waals surface area contributed by atoms with E-state index in [4.69, 9.17) is 15.9 Å². The van der Waals surface area contributed by atoms with Gasteiger partial charge in [0.05, 0.1) is 21.8 Å². The van der Waals surface area contributed by atoms with E-state index >= 15 is 0 Å². The first-order chi connectivity index (χ1) is 12.0. The summed E-state index contributed by atoms with van der Waals surface area (Å²) in [6.07, 6.45) is 7.93. The molecule has 0 fully saturated rings. The first kappa shape index (κ1) is 18.5. The third-order valence-electron chi connectivity index (χ3n) is 2.90. The van der Waals surface area contributed by atoms with Gasteiger partial charge in [-0.05, 0) is 46.4 Å². The molecule has 0 radical (unpaired) electrons. The van der Waals surface area contributed by atoms with Crippen molar-refractivity contribution >= 4 is 40.3 Å². The van der Waals surface area contributed by atoms with Crippen LogP contribution in [-0.2, 0) is 0 Å². The van der Waals surface area contributed by atoms with Crippen LogP contribution in [0.2, 0.25) is 0 Å². The summed E-state index contributed by atoms with van der Waals surface area (Å²) in [5.41, 5.74) is 3.38. The number of hydrogen-bond donors (Lipinski definition) is 1. The van der Waals surface area contributed by atoms with E-state index in [1.165, 1.54) is 19.2 Å². The Morgan fingerprint density at radius 3 is 2.92 bits per heavy atom. The highest BCUT2D eigenvalue weighted by Crippen LogP contribution is 2.33. The molecule has 0 aliphatic rings. The largest absolute Gasteiger partial charge is 0.493 e. The van der Waals surface area contributed by atoms with Crippen molar-refractivity contribution in [2.75, 3.05) is 19.1 Å². The SMILES string of the molecule is C#CCOc1c(I)cc(C=NNc2ccc([N+](=O)[O-])cn2)cc1OC. The lowest BCUT2D eigenvalue weighted by Crippen LogP contribution is -2.00. The van der Waals surface area contributed by atoms with E-state index in [2.05, 4.69) is 44.0 Å². The standard InChI is InChI=1S/C16H13IN4O4/c1-3-6-25-16-13(17)7-11(8-14(16)24-2)9-19-20-15-5-4-12(10-18-15)21(22)23/h1,4-5,7-10H,6H2,2H3,(H,18,20). The lowest BCUT2D eigenvalue weighted by Gasteiger charge is -2.11. The zero-order valence-electron chi connectivity index (χ0n) is 13.1. The van der Waals surface area contributed by atoms with E-state index in [9.17, 15) is 10.1 Å². The molecule has 0 saturated carbocycles. The molecule has 128 valence electrons. The van der Waals surface area contributed by atoms with Gasteiger partial charge in [0.1, 0.15) is 18.6 Å². The third-order valence-corrected chi connectivity index (χ3v) is 3.70. The Labute approximate surface area is 157 Å². The summed E-state index contributed by atoms with van der Waals surface area (Å²) in [5.74, 6) is 3.90. The third kappa shape index (κ3) is 5.05. The number of rotatable bonds is 7. The lowest BCUT2D eigenvalue weighted by molar-refractivity contribution is -0.385. The van der Waals surface area contributed by atoms with Crippen LogP contribution >= 0.6 is 22.6 Å². The molecule has 0 bridgehead atoms. The highest BCUT2D eigenvalue weighted by molar-refractivity contribution is 14.1. The van der Waals surface area contributed by atoms with Crippen LogP contribution in [0.4, 0.5) is 11.5 Å². The minimum atomic E-state index is -0.516. The molecule has 8 nitrogen and oxygen atoms in total. The van der Waals surface area contributed by atoms with Crippen LogP contribution in [-0.4, -0.2) is 29.8 Å². The van der Waals surface area contributed by atoms with Gasteiger partial charge in [0, 0.05) is 6.07 Å². The molecule has 0 aliphatic heterocycles.